The highest BCUT2D eigenvalue weighted by atomic mass is 79.9. The predicted octanol–water partition coefficient (Wildman–Crippen LogP) is 2.72. The van der Waals surface area contributed by atoms with Gasteiger partial charge in [-0.1, -0.05) is 13.8 Å². The van der Waals surface area contributed by atoms with E-state index in [0.29, 0.717) is 0 Å². The topological polar surface area (TPSA) is 29.0 Å². The molecule has 0 N–H and O–H groups in total. The Labute approximate surface area is 99.0 Å². The van der Waals surface area contributed by atoms with E-state index in [1.807, 2.05) is 6.20 Å². The van der Waals surface area contributed by atoms with E-state index in [0.717, 1.165) is 35.2 Å². The monoisotopic (exact) mass is 269 g/mol. The van der Waals surface area contributed by atoms with E-state index in [4.69, 9.17) is 0 Å². The molecule has 0 radical (unpaired) electrons. The van der Waals surface area contributed by atoms with Gasteiger partial charge in [0, 0.05) is 19.3 Å². The van der Waals surface area contributed by atoms with Crippen LogP contribution in [0.3, 0.4) is 0 Å². The lowest BCUT2D eigenvalue weighted by molar-refractivity contribution is 0.355. The molecule has 2 unspecified atom stereocenters. The van der Waals surface area contributed by atoms with Gasteiger partial charge in [0.2, 0.25) is 0 Å². The van der Waals surface area contributed by atoms with E-state index in [9.17, 15) is 0 Å². The Kier molecular flexibility index (Phi) is 3.24. The van der Waals surface area contributed by atoms with Crippen molar-refractivity contribution in [1.82, 2.24) is 9.97 Å². The maximum Gasteiger partial charge on any atom is 0.146 e. The first-order chi connectivity index (χ1) is 7.16. The first kappa shape index (κ1) is 10.9. The van der Waals surface area contributed by atoms with Crippen LogP contribution in [0, 0.1) is 11.8 Å². The van der Waals surface area contributed by atoms with Crippen LogP contribution >= 0.6 is 15.9 Å². The summed E-state index contributed by atoms with van der Waals surface area (Å²) < 4.78 is 0.992. The number of aromatic nitrogens is 2. The highest BCUT2D eigenvalue weighted by molar-refractivity contribution is 9.10. The van der Waals surface area contributed by atoms with Gasteiger partial charge in [-0.3, -0.25) is 0 Å². The standard InChI is InChI=1S/C11H16BrN3/c1-8-3-9(2)6-15(5-8)11-10(12)4-13-7-14-11/h4,7-9H,3,5-6H2,1-2H3. The fraction of sp³-hybridized carbons (Fsp3) is 0.636. The Balaban J connectivity index is 2.20. The average molecular weight is 270 g/mol. The van der Waals surface area contributed by atoms with E-state index < -0.39 is 0 Å². The van der Waals surface area contributed by atoms with Gasteiger partial charge in [0.25, 0.3) is 0 Å². The van der Waals surface area contributed by atoms with Crippen LogP contribution in [0.25, 0.3) is 0 Å². The first-order valence-electron chi connectivity index (χ1n) is 5.37. The van der Waals surface area contributed by atoms with Gasteiger partial charge >= 0.3 is 0 Å². The highest BCUT2D eigenvalue weighted by Crippen LogP contribution is 2.28. The maximum atomic E-state index is 4.34. The largest absolute Gasteiger partial charge is 0.355 e. The molecule has 82 valence electrons. The van der Waals surface area contributed by atoms with E-state index >= 15 is 0 Å². The maximum absolute atomic E-state index is 4.34. The second kappa shape index (κ2) is 4.47. The lowest BCUT2D eigenvalue weighted by Gasteiger charge is -2.36. The van der Waals surface area contributed by atoms with Crippen LogP contribution in [-0.4, -0.2) is 23.1 Å². The molecule has 3 nitrogen and oxygen atoms in total. The first-order valence-corrected chi connectivity index (χ1v) is 6.16. The number of anilines is 1. The molecule has 1 aromatic rings. The SMILES string of the molecule is CC1CC(C)CN(c2ncncc2Br)C1. The van der Waals surface area contributed by atoms with Crippen molar-refractivity contribution in [3.05, 3.63) is 17.0 Å². The van der Waals surface area contributed by atoms with Gasteiger partial charge in [0.15, 0.2) is 0 Å². The van der Waals surface area contributed by atoms with Crippen LogP contribution < -0.4 is 4.90 Å². The molecule has 0 spiro atoms. The molecule has 0 aromatic carbocycles. The van der Waals surface area contributed by atoms with Crippen molar-refractivity contribution in [2.75, 3.05) is 18.0 Å². The molecule has 1 saturated heterocycles. The molecule has 0 amide bonds. The van der Waals surface area contributed by atoms with Crippen LogP contribution in [0.1, 0.15) is 20.3 Å². The average Bonchev–Trinajstić information content (AvgIpc) is 2.16. The molecule has 1 aromatic heterocycles. The summed E-state index contributed by atoms with van der Waals surface area (Å²) in [6.07, 6.45) is 4.75. The van der Waals surface area contributed by atoms with Gasteiger partial charge < -0.3 is 4.90 Å². The minimum Gasteiger partial charge on any atom is -0.355 e. The van der Waals surface area contributed by atoms with Gasteiger partial charge in [0.1, 0.15) is 12.1 Å². The predicted molar refractivity (Wildman–Crippen MR) is 64.9 cm³/mol. The summed E-state index contributed by atoms with van der Waals surface area (Å²) >= 11 is 3.50. The normalized spacial score (nSPS) is 26.7. The lowest BCUT2D eigenvalue weighted by Crippen LogP contribution is -2.39. The van der Waals surface area contributed by atoms with Crippen molar-refractivity contribution < 1.29 is 0 Å². The van der Waals surface area contributed by atoms with Gasteiger partial charge in [-0.2, -0.15) is 0 Å². The number of piperidine rings is 1. The summed E-state index contributed by atoms with van der Waals surface area (Å²) in [6, 6.07) is 0. The Hall–Kier alpha value is -0.640. The molecule has 2 heterocycles. The van der Waals surface area contributed by atoms with Crippen LogP contribution in [0.4, 0.5) is 5.82 Å². The minimum atomic E-state index is 0.746. The molecule has 0 saturated carbocycles. The fourth-order valence-corrected chi connectivity index (χ4v) is 2.85. The van der Waals surface area contributed by atoms with Crippen molar-refractivity contribution in [3.8, 4) is 0 Å². The zero-order chi connectivity index (χ0) is 10.8. The third-order valence-corrected chi connectivity index (χ3v) is 3.38. The second-order valence-corrected chi connectivity index (χ2v) is 5.40. The molecule has 2 rings (SSSR count). The zero-order valence-electron chi connectivity index (χ0n) is 9.15. The summed E-state index contributed by atoms with van der Waals surface area (Å²) in [5.74, 6) is 2.52. The van der Waals surface area contributed by atoms with E-state index in [1.165, 1.54) is 6.42 Å². The molecule has 15 heavy (non-hydrogen) atoms. The quantitative estimate of drug-likeness (QED) is 0.785. The summed E-state index contributed by atoms with van der Waals surface area (Å²) in [5, 5.41) is 0. The molecule has 4 heteroatoms. The van der Waals surface area contributed by atoms with E-state index in [-0.39, 0.29) is 0 Å². The third kappa shape index (κ3) is 2.48. The number of halogens is 1. The molecule has 0 aliphatic carbocycles. The number of rotatable bonds is 1. The summed E-state index contributed by atoms with van der Waals surface area (Å²) in [6.45, 7) is 6.80. The van der Waals surface area contributed by atoms with Crippen LogP contribution in [0.15, 0.2) is 17.0 Å². The second-order valence-electron chi connectivity index (χ2n) is 4.55. The lowest BCUT2D eigenvalue weighted by atomic mass is 9.92. The van der Waals surface area contributed by atoms with Gasteiger partial charge in [0.05, 0.1) is 4.47 Å². The summed E-state index contributed by atoms with van der Waals surface area (Å²) in [7, 11) is 0. The van der Waals surface area contributed by atoms with Gasteiger partial charge in [-0.05, 0) is 34.2 Å². The Morgan fingerprint density at radius 2 is 2.00 bits per heavy atom. The molecule has 0 bridgehead atoms. The molecule has 1 aliphatic rings. The van der Waals surface area contributed by atoms with E-state index in [2.05, 4.69) is 44.6 Å². The molecular formula is C11H16BrN3. The van der Waals surface area contributed by atoms with Crippen molar-refractivity contribution in [3.63, 3.8) is 0 Å². The van der Waals surface area contributed by atoms with Crippen LogP contribution in [0.2, 0.25) is 0 Å². The smallest absolute Gasteiger partial charge is 0.146 e. The van der Waals surface area contributed by atoms with E-state index in [1.54, 1.807) is 6.33 Å². The third-order valence-electron chi connectivity index (χ3n) is 2.82. The number of hydrogen-bond donors (Lipinski definition) is 0. The molecule has 2 atom stereocenters. The van der Waals surface area contributed by atoms with Crippen molar-refractivity contribution >= 4 is 21.7 Å². The Bertz CT molecular complexity index is 332. The van der Waals surface area contributed by atoms with Gasteiger partial charge in [-0.25, -0.2) is 9.97 Å². The number of hydrogen-bond acceptors (Lipinski definition) is 3. The minimum absolute atomic E-state index is 0.746. The van der Waals surface area contributed by atoms with Crippen LogP contribution in [-0.2, 0) is 0 Å². The molecule has 1 aliphatic heterocycles. The van der Waals surface area contributed by atoms with Crippen molar-refractivity contribution in [1.29, 1.82) is 0 Å². The van der Waals surface area contributed by atoms with Crippen molar-refractivity contribution in [2.24, 2.45) is 11.8 Å². The van der Waals surface area contributed by atoms with Gasteiger partial charge in [-0.15, -0.1) is 0 Å². The Morgan fingerprint density at radius 3 is 2.60 bits per heavy atom. The van der Waals surface area contributed by atoms with Crippen molar-refractivity contribution in [2.45, 2.75) is 20.3 Å². The molecule has 1 fully saturated rings. The zero-order valence-corrected chi connectivity index (χ0v) is 10.7. The van der Waals surface area contributed by atoms with Crippen LogP contribution in [0.5, 0.6) is 0 Å². The summed E-state index contributed by atoms with van der Waals surface area (Å²) in [5.41, 5.74) is 0. The molecular weight excluding hydrogens is 254 g/mol. The number of nitrogens with zero attached hydrogens (tertiary/aromatic N) is 3. The summed E-state index contributed by atoms with van der Waals surface area (Å²) in [4.78, 5) is 10.7. The highest BCUT2D eigenvalue weighted by Gasteiger charge is 2.23. The Morgan fingerprint density at radius 1 is 1.33 bits per heavy atom. The fourth-order valence-electron chi connectivity index (χ4n) is 2.37.